The number of benzene rings is 2. The first-order chi connectivity index (χ1) is 16.5. The van der Waals surface area contributed by atoms with Crippen molar-refractivity contribution < 1.29 is 14.3 Å². The van der Waals surface area contributed by atoms with Crippen LogP contribution in [-0.4, -0.2) is 86.0 Å². The molecule has 2 aromatic carbocycles. The molecule has 3 aromatic rings. The average Bonchev–Trinajstić information content (AvgIpc) is 2.87. The molecule has 0 unspecified atom stereocenters. The van der Waals surface area contributed by atoms with Crippen LogP contribution in [0.3, 0.4) is 0 Å². The monoisotopic (exact) mass is 465 g/mol. The van der Waals surface area contributed by atoms with Crippen LogP contribution < -0.4 is 20.3 Å². The molecule has 180 valence electrons. The Morgan fingerprint density at radius 2 is 1.76 bits per heavy atom. The van der Waals surface area contributed by atoms with Crippen LogP contribution in [0.25, 0.3) is 16.5 Å². The van der Waals surface area contributed by atoms with Crippen molar-refractivity contribution in [2.75, 3.05) is 60.5 Å². The molecular weight excluding hydrogens is 434 g/mol. The standard InChI is InChI=1S/C25H31N5O4/c1-28-13-15-29(16-14-28)12-6-11-26-24(31)23-19-7-4-5-8-20(19)25(32)30(27-23)21-10-9-18(33-2)17-22(21)34-3/h4-5,7-10,17H,6,11-16H2,1-3H3,(H,26,31). The van der Waals surface area contributed by atoms with Gasteiger partial charge in [-0.15, -0.1) is 0 Å². The number of carbonyl (C=O) groups excluding carboxylic acids is 1. The molecule has 1 aliphatic rings. The van der Waals surface area contributed by atoms with Crippen molar-refractivity contribution in [3.63, 3.8) is 0 Å². The third kappa shape index (κ3) is 5.05. The highest BCUT2D eigenvalue weighted by Gasteiger charge is 2.19. The molecule has 1 aromatic heterocycles. The topological polar surface area (TPSA) is 88.9 Å². The molecule has 34 heavy (non-hydrogen) atoms. The van der Waals surface area contributed by atoms with Crippen molar-refractivity contribution in [2.24, 2.45) is 0 Å². The van der Waals surface area contributed by atoms with Gasteiger partial charge in [0.25, 0.3) is 11.5 Å². The van der Waals surface area contributed by atoms with Gasteiger partial charge in [-0.05, 0) is 38.2 Å². The Kier molecular flexibility index (Phi) is 7.44. The molecular formula is C25H31N5O4. The lowest BCUT2D eigenvalue weighted by Gasteiger charge is -2.32. The van der Waals surface area contributed by atoms with Crippen LogP contribution in [-0.2, 0) is 0 Å². The van der Waals surface area contributed by atoms with E-state index in [1.165, 1.54) is 11.8 Å². The Bertz CT molecular complexity index is 1220. The fraction of sp³-hybridized carbons (Fsp3) is 0.400. The first kappa shape index (κ1) is 23.7. The Balaban J connectivity index is 1.58. The number of methoxy groups -OCH3 is 2. The summed E-state index contributed by atoms with van der Waals surface area (Å²) >= 11 is 0. The van der Waals surface area contributed by atoms with Crippen molar-refractivity contribution in [1.29, 1.82) is 0 Å². The number of likely N-dealkylation sites (N-methyl/N-ethyl adjacent to an activating group) is 1. The molecule has 0 aliphatic carbocycles. The number of ether oxygens (including phenoxy) is 2. The van der Waals surface area contributed by atoms with Crippen molar-refractivity contribution in [1.82, 2.24) is 24.9 Å². The predicted octanol–water partition coefficient (Wildman–Crippen LogP) is 1.77. The second-order valence-electron chi connectivity index (χ2n) is 8.40. The van der Waals surface area contributed by atoms with Crippen LogP contribution >= 0.6 is 0 Å². The van der Waals surface area contributed by atoms with E-state index in [-0.39, 0.29) is 17.2 Å². The summed E-state index contributed by atoms with van der Waals surface area (Å²) in [7, 11) is 5.20. The summed E-state index contributed by atoms with van der Waals surface area (Å²) in [6, 6.07) is 12.1. The second kappa shape index (κ2) is 10.7. The van der Waals surface area contributed by atoms with Gasteiger partial charge in [0.1, 0.15) is 17.2 Å². The quantitative estimate of drug-likeness (QED) is 0.507. The summed E-state index contributed by atoms with van der Waals surface area (Å²) < 4.78 is 11.9. The lowest BCUT2D eigenvalue weighted by atomic mass is 10.1. The molecule has 0 bridgehead atoms. The van der Waals surface area contributed by atoms with E-state index in [2.05, 4.69) is 27.3 Å². The van der Waals surface area contributed by atoms with E-state index in [0.717, 1.165) is 39.1 Å². The summed E-state index contributed by atoms with van der Waals surface area (Å²) in [5, 5.41) is 8.38. The van der Waals surface area contributed by atoms with Gasteiger partial charge < -0.3 is 24.6 Å². The minimum Gasteiger partial charge on any atom is -0.497 e. The largest absolute Gasteiger partial charge is 0.497 e. The van der Waals surface area contributed by atoms with Gasteiger partial charge in [0.05, 0.1) is 19.6 Å². The zero-order chi connectivity index (χ0) is 24.1. The molecule has 1 amide bonds. The number of aromatic nitrogens is 2. The van der Waals surface area contributed by atoms with Gasteiger partial charge in [-0.2, -0.15) is 9.78 Å². The number of fused-ring (bicyclic) bond motifs is 1. The molecule has 0 radical (unpaired) electrons. The number of hydrogen-bond donors (Lipinski definition) is 1. The molecule has 0 spiro atoms. The third-order valence-corrected chi connectivity index (χ3v) is 6.17. The minimum atomic E-state index is -0.328. The zero-order valence-electron chi connectivity index (χ0n) is 19.9. The van der Waals surface area contributed by atoms with Crippen molar-refractivity contribution >= 4 is 16.7 Å². The van der Waals surface area contributed by atoms with Gasteiger partial charge in [0, 0.05) is 44.2 Å². The molecule has 1 saturated heterocycles. The summed E-state index contributed by atoms with van der Waals surface area (Å²) in [4.78, 5) is 31.1. The molecule has 1 N–H and O–H groups in total. The summed E-state index contributed by atoms with van der Waals surface area (Å²) in [5.74, 6) is 0.700. The third-order valence-electron chi connectivity index (χ3n) is 6.17. The number of carbonyl (C=O) groups is 1. The van der Waals surface area contributed by atoms with Crippen molar-refractivity contribution in [3.05, 3.63) is 58.5 Å². The van der Waals surface area contributed by atoms with Gasteiger partial charge in [-0.3, -0.25) is 9.59 Å². The van der Waals surface area contributed by atoms with Crippen LogP contribution in [0.5, 0.6) is 11.5 Å². The van der Waals surface area contributed by atoms with Crippen molar-refractivity contribution in [2.45, 2.75) is 6.42 Å². The van der Waals surface area contributed by atoms with Crippen molar-refractivity contribution in [3.8, 4) is 17.2 Å². The minimum absolute atomic E-state index is 0.202. The molecule has 4 rings (SSSR count). The number of rotatable bonds is 8. The van der Waals surface area contributed by atoms with Crippen LogP contribution in [0.4, 0.5) is 0 Å². The van der Waals surface area contributed by atoms with Gasteiger partial charge in [0.2, 0.25) is 0 Å². The van der Waals surface area contributed by atoms with E-state index in [4.69, 9.17) is 9.47 Å². The highest BCUT2D eigenvalue weighted by atomic mass is 16.5. The van der Waals surface area contributed by atoms with E-state index in [0.29, 0.717) is 34.5 Å². The van der Waals surface area contributed by atoms with E-state index in [1.807, 2.05) is 0 Å². The molecule has 2 heterocycles. The second-order valence-corrected chi connectivity index (χ2v) is 8.40. The Morgan fingerprint density at radius 1 is 1.03 bits per heavy atom. The molecule has 0 atom stereocenters. The lowest BCUT2D eigenvalue weighted by molar-refractivity contribution is 0.0944. The average molecular weight is 466 g/mol. The highest BCUT2D eigenvalue weighted by Crippen LogP contribution is 2.27. The van der Waals surface area contributed by atoms with Crippen LogP contribution in [0, 0.1) is 0 Å². The predicted molar refractivity (Wildman–Crippen MR) is 131 cm³/mol. The van der Waals surface area contributed by atoms with Gasteiger partial charge in [-0.25, -0.2) is 0 Å². The summed E-state index contributed by atoms with van der Waals surface area (Å²) in [6.45, 7) is 5.70. The first-order valence-corrected chi connectivity index (χ1v) is 11.5. The van der Waals surface area contributed by atoms with E-state index in [1.54, 1.807) is 49.6 Å². The number of amides is 1. The highest BCUT2D eigenvalue weighted by molar-refractivity contribution is 6.04. The van der Waals surface area contributed by atoms with Gasteiger partial charge in [0.15, 0.2) is 5.69 Å². The first-order valence-electron chi connectivity index (χ1n) is 11.5. The Hall–Kier alpha value is -3.43. The van der Waals surface area contributed by atoms with Gasteiger partial charge in [-0.1, -0.05) is 18.2 Å². The molecule has 9 heteroatoms. The van der Waals surface area contributed by atoms with E-state index in [9.17, 15) is 9.59 Å². The molecule has 1 aliphatic heterocycles. The zero-order valence-corrected chi connectivity index (χ0v) is 19.9. The normalized spacial score (nSPS) is 14.8. The van der Waals surface area contributed by atoms with Crippen LogP contribution in [0.2, 0.25) is 0 Å². The maximum absolute atomic E-state index is 13.3. The molecule has 9 nitrogen and oxygen atoms in total. The van der Waals surface area contributed by atoms with E-state index >= 15 is 0 Å². The maximum atomic E-state index is 13.3. The smallest absolute Gasteiger partial charge is 0.279 e. The van der Waals surface area contributed by atoms with Crippen LogP contribution in [0.15, 0.2) is 47.3 Å². The lowest BCUT2D eigenvalue weighted by Crippen LogP contribution is -2.45. The number of piperazine rings is 1. The summed E-state index contributed by atoms with van der Waals surface area (Å²) in [5.41, 5.74) is 0.307. The number of hydrogen-bond acceptors (Lipinski definition) is 7. The Labute approximate surface area is 198 Å². The molecule has 1 fully saturated rings. The fourth-order valence-corrected chi connectivity index (χ4v) is 4.14. The number of nitrogens with one attached hydrogen (secondary N) is 1. The summed E-state index contributed by atoms with van der Waals surface area (Å²) in [6.07, 6.45) is 0.847. The number of nitrogens with zero attached hydrogens (tertiary/aromatic N) is 4. The maximum Gasteiger partial charge on any atom is 0.279 e. The Morgan fingerprint density at radius 3 is 2.47 bits per heavy atom. The van der Waals surface area contributed by atoms with Crippen LogP contribution in [0.1, 0.15) is 16.9 Å². The van der Waals surface area contributed by atoms with Gasteiger partial charge >= 0.3 is 0 Å². The molecule has 0 saturated carbocycles. The van der Waals surface area contributed by atoms with E-state index < -0.39 is 0 Å². The SMILES string of the molecule is COc1ccc(-n2nc(C(=O)NCCCN3CCN(C)CC3)c3ccccc3c2=O)c(OC)c1. The fourth-order valence-electron chi connectivity index (χ4n) is 4.14.